The third kappa shape index (κ3) is 3.52. The zero-order chi connectivity index (χ0) is 20.5. The van der Waals surface area contributed by atoms with Crippen molar-refractivity contribution in [1.82, 2.24) is 14.5 Å². The maximum absolute atomic E-state index is 13.7. The van der Waals surface area contributed by atoms with E-state index in [0.717, 1.165) is 4.57 Å². The van der Waals surface area contributed by atoms with E-state index in [4.69, 9.17) is 16.3 Å². The molecule has 0 radical (unpaired) electrons. The van der Waals surface area contributed by atoms with Crippen LogP contribution in [0, 0.1) is 12.7 Å². The Bertz CT molecular complexity index is 1350. The van der Waals surface area contributed by atoms with Gasteiger partial charge in [-0.15, -0.1) is 0 Å². The van der Waals surface area contributed by atoms with Crippen LogP contribution >= 0.6 is 11.6 Å². The molecule has 0 fully saturated rings. The number of nitrogens with zero attached hydrogens (tertiary/aromatic N) is 2. The third-order valence-electron chi connectivity index (χ3n) is 4.51. The highest BCUT2D eigenvalue weighted by atomic mass is 35.5. The number of aromatic amines is 1. The minimum Gasteiger partial charge on any atom is -0.487 e. The lowest BCUT2D eigenvalue weighted by molar-refractivity contribution is 0.294. The molecule has 2 aromatic heterocycles. The van der Waals surface area contributed by atoms with Crippen LogP contribution in [-0.4, -0.2) is 14.5 Å². The highest BCUT2D eigenvalue weighted by Gasteiger charge is 2.14. The van der Waals surface area contributed by atoms with Crippen LogP contribution in [0.5, 0.6) is 5.75 Å². The number of halogens is 2. The van der Waals surface area contributed by atoms with Crippen molar-refractivity contribution < 1.29 is 9.13 Å². The lowest BCUT2D eigenvalue weighted by Gasteiger charge is -2.13. The summed E-state index contributed by atoms with van der Waals surface area (Å²) in [7, 11) is 0. The summed E-state index contributed by atoms with van der Waals surface area (Å²) < 4.78 is 20.4. The van der Waals surface area contributed by atoms with Gasteiger partial charge in [0.25, 0.3) is 5.56 Å². The summed E-state index contributed by atoms with van der Waals surface area (Å²) in [6.07, 6.45) is 1.47. The Morgan fingerprint density at radius 2 is 2.00 bits per heavy atom. The van der Waals surface area contributed by atoms with E-state index in [1.54, 1.807) is 43.3 Å². The fourth-order valence-electron chi connectivity index (χ4n) is 3.02. The van der Waals surface area contributed by atoms with Crippen molar-refractivity contribution in [2.75, 3.05) is 0 Å². The van der Waals surface area contributed by atoms with Gasteiger partial charge in [-0.2, -0.15) is 0 Å². The zero-order valence-electron chi connectivity index (χ0n) is 15.3. The molecule has 0 aliphatic heterocycles. The van der Waals surface area contributed by atoms with Crippen LogP contribution in [0.25, 0.3) is 16.6 Å². The zero-order valence-corrected chi connectivity index (χ0v) is 16.0. The fourth-order valence-corrected chi connectivity index (χ4v) is 3.24. The molecule has 0 unspecified atom stereocenters. The average Bonchev–Trinajstić information content (AvgIpc) is 2.70. The van der Waals surface area contributed by atoms with Crippen molar-refractivity contribution >= 4 is 22.5 Å². The van der Waals surface area contributed by atoms with Gasteiger partial charge in [0.2, 0.25) is 0 Å². The van der Waals surface area contributed by atoms with Gasteiger partial charge in [-0.1, -0.05) is 23.7 Å². The smallest absolute Gasteiger partial charge is 0.333 e. The number of fused-ring (bicyclic) bond motifs is 1. The number of ether oxygens (including phenoxy) is 1. The summed E-state index contributed by atoms with van der Waals surface area (Å²) in [6.45, 7) is 1.68. The Balaban J connectivity index is 1.78. The van der Waals surface area contributed by atoms with Gasteiger partial charge in [-0.25, -0.2) is 13.8 Å². The van der Waals surface area contributed by atoms with Gasteiger partial charge in [0.15, 0.2) is 0 Å². The largest absolute Gasteiger partial charge is 0.487 e. The second kappa shape index (κ2) is 7.52. The molecule has 0 amide bonds. The van der Waals surface area contributed by atoms with Crippen LogP contribution in [0.2, 0.25) is 5.02 Å². The van der Waals surface area contributed by atoms with Gasteiger partial charge < -0.3 is 9.72 Å². The predicted octanol–water partition coefficient (Wildman–Crippen LogP) is 3.75. The number of rotatable bonds is 4. The first-order valence-corrected chi connectivity index (χ1v) is 9.10. The summed E-state index contributed by atoms with van der Waals surface area (Å²) in [5.74, 6) is -0.105. The molecule has 8 heteroatoms. The topological polar surface area (TPSA) is 77.0 Å². The summed E-state index contributed by atoms with van der Waals surface area (Å²) in [5, 5.41) is 0.577. The number of aromatic nitrogens is 3. The maximum atomic E-state index is 13.7. The molecular formula is C21H15ClFN3O3. The molecule has 0 saturated carbocycles. The second-order valence-corrected chi connectivity index (χ2v) is 6.81. The highest BCUT2D eigenvalue weighted by Crippen LogP contribution is 2.22. The lowest BCUT2D eigenvalue weighted by Crippen LogP contribution is -2.34. The number of pyridine rings is 1. The molecule has 0 aliphatic carbocycles. The van der Waals surface area contributed by atoms with Gasteiger partial charge in [0.05, 0.1) is 21.6 Å². The summed E-state index contributed by atoms with van der Waals surface area (Å²) in [5.41, 5.74) is 0.377. The number of H-pyrrole nitrogens is 1. The third-order valence-corrected chi connectivity index (χ3v) is 4.83. The molecule has 4 rings (SSSR count). The number of hydrogen-bond donors (Lipinski definition) is 1. The van der Waals surface area contributed by atoms with Crippen molar-refractivity contribution in [1.29, 1.82) is 0 Å². The van der Waals surface area contributed by atoms with Gasteiger partial charge in [0, 0.05) is 12.3 Å². The van der Waals surface area contributed by atoms with E-state index in [1.165, 1.54) is 18.3 Å². The van der Waals surface area contributed by atoms with Crippen LogP contribution in [0.4, 0.5) is 4.39 Å². The standard InChI is InChI=1S/C21H15ClFN3O3/c1-12-7-8-13(29-11-17-16(23)6-3-9-24-17)10-18(12)26-20(27)14-4-2-5-15(22)19(14)25-21(26)28/h2-10H,11H2,1H3,(H,25,28). The molecule has 29 heavy (non-hydrogen) atoms. The molecular weight excluding hydrogens is 397 g/mol. The maximum Gasteiger partial charge on any atom is 0.333 e. The van der Waals surface area contributed by atoms with Gasteiger partial charge >= 0.3 is 5.69 Å². The van der Waals surface area contributed by atoms with E-state index in [0.29, 0.717) is 22.4 Å². The number of benzene rings is 2. The van der Waals surface area contributed by atoms with Crippen LogP contribution < -0.4 is 16.0 Å². The molecule has 0 saturated heterocycles. The average molecular weight is 412 g/mol. The van der Waals surface area contributed by atoms with Crippen molar-refractivity contribution in [3.63, 3.8) is 0 Å². The number of para-hydroxylation sites is 1. The molecule has 1 N–H and O–H groups in total. The molecule has 0 atom stereocenters. The van der Waals surface area contributed by atoms with E-state index in [-0.39, 0.29) is 22.8 Å². The van der Waals surface area contributed by atoms with Crippen LogP contribution in [0.1, 0.15) is 11.3 Å². The fraction of sp³-hybridized carbons (Fsp3) is 0.0952. The van der Waals surface area contributed by atoms with Gasteiger partial charge in [0.1, 0.15) is 23.9 Å². The predicted molar refractivity (Wildman–Crippen MR) is 108 cm³/mol. The molecule has 2 aromatic carbocycles. The summed E-state index contributed by atoms with van der Waals surface area (Å²) >= 11 is 6.09. The SMILES string of the molecule is Cc1ccc(OCc2ncccc2F)cc1-n1c(=O)[nH]c2c(Cl)cccc2c1=O. The van der Waals surface area contributed by atoms with Crippen LogP contribution in [0.3, 0.4) is 0 Å². The number of hydrogen-bond acceptors (Lipinski definition) is 4. The van der Waals surface area contributed by atoms with Crippen LogP contribution in [0.15, 0.2) is 64.3 Å². The second-order valence-electron chi connectivity index (χ2n) is 6.40. The van der Waals surface area contributed by atoms with Crippen LogP contribution in [-0.2, 0) is 6.61 Å². The normalized spacial score (nSPS) is 11.0. The van der Waals surface area contributed by atoms with Gasteiger partial charge in [-0.3, -0.25) is 9.78 Å². The van der Waals surface area contributed by atoms with E-state index in [9.17, 15) is 14.0 Å². The molecule has 146 valence electrons. The molecule has 6 nitrogen and oxygen atoms in total. The lowest BCUT2D eigenvalue weighted by atomic mass is 10.1. The van der Waals surface area contributed by atoms with Gasteiger partial charge in [-0.05, 0) is 42.8 Å². The first-order valence-electron chi connectivity index (χ1n) is 8.72. The first kappa shape index (κ1) is 18.9. The summed E-state index contributed by atoms with van der Waals surface area (Å²) in [4.78, 5) is 32.2. The van der Waals surface area contributed by atoms with E-state index in [1.807, 2.05) is 0 Å². The molecule has 2 heterocycles. The Kier molecular flexibility index (Phi) is 4.90. The van der Waals surface area contributed by atoms with Crippen molar-refractivity contribution in [2.45, 2.75) is 13.5 Å². The summed E-state index contributed by atoms with van der Waals surface area (Å²) in [6, 6.07) is 12.6. The monoisotopic (exact) mass is 411 g/mol. The van der Waals surface area contributed by atoms with Crippen molar-refractivity contribution in [2.24, 2.45) is 0 Å². The minimum atomic E-state index is -0.619. The van der Waals surface area contributed by atoms with E-state index >= 15 is 0 Å². The molecule has 0 aliphatic rings. The van der Waals surface area contributed by atoms with E-state index in [2.05, 4.69) is 9.97 Å². The van der Waals surface area contributed by atoms with Crippen molar-refractivity contribution in [3.05, 3.63) is 97.7 Å². The Hall–Kier alpha value is -3.45. The first-order chi connectivity index (χ1) is 14.0. The molecule has 4 aromatic rings. The Morgan fingerprint density at radius 1 is 1.17 bits per heavy atom. The Morgan fingerprint density at radius 3 is 2.79 bits per heavy atom. The molecule has 0 spiro atoms. The van der Waals surface area contributed by atoms with E-state index < -0.39 is 17.1 Å². The Labute approximate surface area is 169 Å². The number of nitrogens with one attached hydrogen (secondary N) is 1. The number of aryl methyl sites for hydroxylation is 1. The minimum absolute atomic E-state index is 0.0895. The quantitative estimate of drug-likeness (QED) is 0.554. The van der Waals surface area contributed by atoms with Crippen molar-refractivity contribution in [3.8, 4) is 11.4 Å². The highest BCUT2D eigenvalue weighted by molar-refractivity contribution is 6.34. The molecule has 0 bridgehead atoms.